The number of methoxy groups -OCH3 is 3. The number of amides is 1. The molecule has 38 heavy (non-hydrogen) atoms. The van der Waals surface area contributed by atoms with Crippen LogP contribution in [-0.4, -0.2) is 51.5 Å². The summed E-state index contributed by atoms with van der Waals surface area (Å²) in [4.78, 5) is 16.9. The number of rotatable bonds is 9. The van der Waals surface area contributed by atoms with Crippen molar-refractivity contribution in [3.63, 3.8) is 0 Å². The summed E-state index contributed by atoms with van der Waals surface area (Å²) in [5.74, 6) is 1.04. The Kier molecular flexibility index (Phi) is 8.65. The van der Waals surface area contributed by atoms with E-state index < -0.39 is 10.0 Å². The zero-order chi connectivity index (χ0) is 27.1. The van der Waals surface area contributed by atoms with E-state index in [9.17, 15) is 13.2 Å². The molecule has 2 heterocycles. The number of hydrogen-bond donors (Lipinski definition) is 1. The highest BCUT2D eigenvalue weighted by Gasteiger charge is 2.34. The van der Waals surface area contributed by atoms with Gasteiger partial charge in [0.1, 0.15) is 0 Å². The molecular weight excluding hydrogens is 506 g/mol. The van der Waals surface area contributed by atoms with Gasteiger partial charge in [-0.1, -0.05) is 12.5 Å². The standard InChI is InChI=1S/C28H31N3O6S/c1-35-25-17-20(18-26(36-2)28(25)37-3)9-14-27(32)30-22-10-12-23(13-11-22)38(33,34)31-16-5-4-8-24(31)21-7-6-15-29-19-21/h6-7,9-15,17-19,24H,4-5,8,16H2,1-3H3,(H,30,32)/b14-9+/t24-/m0/s1. The molecule has 1 N–H and O–H groups in total. The second-order valence-corrected chi connectivity index (χ2v) is 10.6. The summed E-state index contributed by atoms with van der Waals surface area (Å²) >= 11 is 0. The number of sulfonamides is 1. The highest BCUT2D eigenvalue weighted by molar-refractivity contribution is 7.89. The first-order valence-corrected chi connectivity index (χ1v) is 13.6. The SMILES string of the molecule is COc1cc(/C=C/C(=O)Nc2ccc(S(=O)(=O)N3CCCC[C@H]3c3cccnc3)cc2)cc(OC)c1OC. The Bertz CT molecular complexity index is 1370. The third-order valence-corrected chi connectivity index (χ3v) is 8.29. The summed E-state index contributed by atoms with van der Waals surface area (Å²) in [6.07, 6.45) is 8.91. The smallest absolute Gasteiger partial charge is 0.248 e. The van der Waals surface area contributed by atoms with E-state index in [-0.39, 0.29) is 16.8 Å². The number of carbonyl (C=O) groups is 1. The van der Waals surface area contributed by atoms with Crippen LogP contribution in [0, 0.1) is 0 Å². The molecule has 4 rings (SSSR count). The molecule has 9 nitrogen and oxygen atoms in total. The monoisotopic (exact) mass is 537 g/mol. The zero-order valence-electron chi connectivity index (χ0n) is 21.6. The van der Waals surface area contributed by atoms with Crippen LogP contribution in [0.2, 0.25) is 0 Å². The minimum atomic E-state index is -3.72. The van der Waals surface area contributed by atoms with E-state index >= 15 is 0 Å². The maximum Gasteiger partial charge on any atom is 0.248 e. The topological polar surface area (TPSA) is 107 Å². The zero-order valence-corrected chi connectivity index (χ0v) is 22.4. The molecule has 200 valence electrons. The van der Waals surface area contributed by atoms with E-state index in [4.69, 9.17) is 14.2 Å². The highest BCUT2D eigenvalue weighted by atomic mass is 32.2. The van der Waals surface area contributed by atoms with E-state index in [0.29, 0.717) is 35.0 Å². The first kappa shape index (κ1) is 27.2. The minimum Gasteiger partial charge on any atom is -0.493 e. The van der Waals surface area contributed by atoms with Crippen LogP contribution >= 0.6 is 0 Å². The van der Waals surface area contributed by atoms with E-state index in [1.54, 1.807) is 47.0 Å². The molecule has 0 saturated carbocycles. The molecule has 3 aromatic rings. The van der Waals surface area contributed by atoms with Gasteiger partial charge < -0.3 is 19.5 Å². The molecule has 0 radical (unpaired) electrons. The average molecular weight is 538 g/mol. The number of hydrogen-bond acceptors (Lipinski definition) is 7. The third-order valence-electron chi connectivity index (χ3n) is 6.37. The number of nitrogens with zero attached hydrogens (tertiary/aromatic N) is 2. The predicted octanol–water partition coefficient (Wildman–Crippen LogP) is 4.68. The van der Waals surface area contributed by atoms with Crippen molar-refractivity contribution in [2.45, 2.75) is 30.2 Å². The molecule has 1 aliphatic heterocycles. The molecule has 1 atom stereocenters. The van der Waals surface area contributed by atoms with E-state index in [1.165, 1.54) is 39.5 Å². The summed E-state index contributed by atoms with van der Waals surface area (Å²) in [7, 11) is 0.833. The Balaban J connectivity index is 1.46. The summed E-state index contributed by atoms with van der Waals surface area (Å²) in [5.41, 5.74) is 2.05. The van der Waals surface area contributed by atoms with Gasteiger partial charge >= 0.3 is 0 Å². The van der Waals surface area contributed by atoms with Crippen LogP contribution in [0.1, 0.15) is 36.4 Å². The van der Waals surface area contributed by atoms with Gasteiger partial charge in [-0.3, -0.25) is 9.78 Å². The Labute approximate surface area is 223 Å². The van der Waals surface area contributed by atoms with E-state index in [2.05, 4.69) is 10.3 Å². The second kappa shape index (κ2) is 12.1. The number of aromatic nitrogens is 1. The molecule has 0 aliphatic carbocycles. The van der Waals surface area contributed by atoms with Crippen molar-refractivity contribution >= 4 is 27.7 Å². The predicted molar refractivity (Wildman–Crippen MR) is 145 cm³/mol. The largest absolute Gasteiger partial charge is 0.493 e. The normalized spacial score (nSPS) is 16.2. The number of piperidine rings is 1. The fourth-order valence-corrected chi connectivity index (χ4v) is 6.18. The lowest BCUT2D eigenvalue weighted by atomic mass is 9.99. The molecular formula is C28H31N3O6S. The lowest BCUT2D eigenvalue weighted by Gasteiger charge is -2.34. The number of benzene rings is 2. The van der Waals surface area contributed by atoms with Crippen LogP contribution in [0.15, 0.2) is 71.9 Å². The number of anilines is 1. The molecule has 0 spiro atoms. The van der Waals surface area contributed by atoms with E-state index in [1.807, 2.05) is 12.1 Å². The number of pyridine rings is 1. The Morgan fingerprint density at radius 3 is 2.34 bits per heavy atom. The average Bonchev–Trinajstić information content (AvgIpc) is 2.96. The summed E-state index contributed by atoms with van der Waals surface area (Å²) in [5, 5.41) is 2.76. The Morgan fingerprint density at radius 2 is 1.74 bits per heavy atom. The van der Waals surface area contributed by atoms with Gasteiger partial charge in [0.15, 0.2) is 11.5 Å². The molecule has 1 amide bonds. The first-order valence-electron chi connectivity index (χ1n) is 12.2. The lowest BCUT2D eigenvalue weighted by molar-refractivity contribution is -0.111. The van der Waals surface area contributed by atoms with Gasteiger partial charge in [0.05, 0.1) is 32.3 Å². The molecule has 1 aliphatic rings. The third kappa shape index (κ3) is 5.98. The van der Waals surface area contributed by atoms with Crippen molar-refractivity contribution in [1.82, 2.24) is 9.29 Å². The van der Waals surface area contributed by atoms with Crippen LogP contribution in [0.4, 0.5) is 5.69 Å². The van der Waals surface area contributed by atoms with Crippen molar-refractivity contribution < 1.29 is 27.4 Å². The number of ether oxygens (including phenoxy) is 3. The van der Waals surface area contributed by atoms with Crippen molar-refractivity contribution in [3.05, 3.63) is 78.1 Å². The van der Waals surface area contributed by atoms with Gasteiger partial charge in [0.25, 0.3) is 0 Å². The molecule has 0 unspecified atom stereocenters. The molecule has 10 heteroatoms. The number of nitrogens with one attached hydrogen (secondary N) is 1. The van der Waals surface area contributed by atoms with Crippen molar-refractivity contribution in [1.29, 1.82) is 0 Å². The van der Waals surface area contributed by atoms with Gasteiger partial charge in [-0.05, 0) is 72.5 Å². The van der Waals surface area contributed by atoms with Crippen molar-refractivity contribution in [2.75, 3.05) is 33.2 Å². The van der Waals surface area contributed by atoms with Gasteiger partial charge in [-0.15, -0.1) is 0 Å². The van der Waals surface area contributed by atoms with Gasteiger partial charge in [-0.2, -0.15) is 4.31 Å². The molecule has 0 bridgehead atoms. The highest BCUT2D eigenvalue weighted by Crippen LogP contribution is 2.38. The van der Waals surface area contributed by atoms with Crippen LogP contribution in [0.3, 0.4) is 0 Å². The minimum absolute atomic E-state index is 0.180. The van der Waals surface area contributed by atoms with Gasteiger partial charge in [-0.25, -0.2) is 8.42 Å². The Morgan fingerprint density at radius 1 is 1.03 bits per heavy atom. The number of carbonyl (C=O) groups excluding carboxylic acids is 1. The Hall–Kier alpha value is -3.89. The molecule has 1 fully saturated rings. The summed E-state index contributed by atoms with van der Waals surface area (Å²) in [6.45, 7) is 0.451. The fraction of sp³-hybridized carbons (Fsp3) is 0.286. The van der Waals surface area contributed by atoms with Crippen molar-refractivity contribution in [2.24, 2.45) is 0 Å². The van der Waals surface area contributed by atoms with Crippen LogP contribution in [-0.2, 0) is 14.8 Å². The summed E-state index contributed by atoms with van der Waals surface area (Å²) in [6, 6.07) is 13.1. The van der Waals surface area contributed by atoms with Crippen LogP contribution < -0.4 is 19.5 Å². The fourth-order valence-electron chi connectivity index (χ4n) is 4.50. The van der Waals surface area contributed by atoms with Gasteiger partial charge in [0.2, 0.25) is 21.7 Å². The quantitative estimate of drug-likeness (QED) is 0.395. The molecule has 1 aromatic heterocycles. The first-order chi connectivity index (χ1) is 18.4. The molecule has 1 saturated heterocycles. The maximum absolute atomic E-state index is 13.5. The van der Waals surface area contributed by atoms with Crippen LogP contribution in [0.5, 0.6) is 17.2 Å². The maximum atomic E-state index is 13.5. The van der Waals surface area contributed by atoms with Gasteiger partial charge in [0, 0.05) is 30.7 Å². The van der Waals surface area contributed by atoms with Crippen molar-refractivity contribution in [3.8, 4) is 17.2 Å². The lowest BCUT2D eigenvalue weighted by Crippen LogP contribution is -2.38. The molecule has 2 aromatic carbocycles. The van der Waals surface area contributed by atoms with E-state index in [0.717, 1.165) is 24.8 Å². The van der Waals surface area contributed by atoms with Crippen LogP contribution in [0.25, 0.3) is 6.08 Å². The second-order valence-electron chi connectivity index (χ2n) is 8.72. The summed E-state index contributed by atoms with van der Waals surface area (Å²) < 4.78 is 44.5.